The number of anilines is 1. The lowest BCUT2D eigenvalue weighted by molar-refractivity contribution is -0.535. The van der Waals surface area contributed by atoms with Gasteiger partial charge in [-0.3, -0.25) is 0 Å². The summed E-state index contributed by atoms with van der Waals surface area (Å²) in [4.78, 5) is 15.5. The number of rotatable bonds is 0. The van der Waals surface area contributed by atoms with Crippen LogP contribution in [0.5, 0.6) is 0 Å². The normalized spacial score (nSPS) is 10.7. The topological polar surface area (TPSA) is 77.7 Å². The van der Waals surface area contributed by atoms with E-state index >= 15 is 0 Å². The molecule has 2 aromatic rings. The molecule has 3 N–H and O–H groups in total. The molecule has 1 aromatic carbocycles. The van der Waals surface area contributed by atoms with Gasteiger partial charge in [-0.2, -0.15) is 0 Å². The molecule has 1 heterocycles. The van der Waals surface area contributed by atoms with Crippen LogP contribution >= 0.6 is 15.9 Å². The van der Waals surface area contributed by atoms with Crippen molar-refractivity contribution in [2.75, 3.05) is 5.73 Å². The Morgan fingerprint density at radius 2 is 2.29 bits per heavy atom. The van der Waals surface area contributed by atoms with Crippen LogP contribution in [0.3, 0.4) is 0 Å². The van der Waals surface area contributed by atoms with Crippen molar-refractivity contribution in [2.45, 2.75) is 6.92 Å². The first-order valence-electron chi connectivity index (χ1n) is 3.96. The van der Waals surface area contributed by atoms with Crippen LogP contribution in [0.2, 0.25) is 0 Å². The summed E-state index contributed by atoms with van der Waals surface area (Å²) in [6.07, 6.45) is 0. The van der Waals surface area contributed by atoms with Gasteiger partial charge < -0.3 is 5.73 Å². The van der Waals surface area contributed by atoms with Gasteiger partial charge in [0.25, 0.3) is 5.95 Å². The predicted octanol–water partition coefficient (Wildman–Crippen LogP) is 1.13. The Bertz CT molecular complexity index is 563. The summed E-state index contributed by atoms with van der Waals surface area (Å²) in [5.74, 6) is 0.109. The van der Waals surface area contributed by atoms with E-state index < -0.39 is 0 Å². The van der Waals surface area contributed by atoms with Crippen molar-refractivity contribution in [2.24, 2.45) is 0 Å². The van der Waals surface area contributed by atoms with E-state index in [-0.39, 0.29) is 5.95 Å². The average molecular weight is 256 g/mol. The number of hydrogen-bond donors (Lipinski definition) is 2. The van der Waals surface area contributed by atoms with Crippen molar-refractivity contribution in [3.05, 3.63) is 27.1 Å². The zero-order valence-electron chi connectivity index (χ0n) is 7.41. The van der Waals surface area contributed by atoms with Gasteiger partial charge in [-0.15, -0.1) is 0 Å². The van der Waals surface area contributed by atoms with Crippen LogP contribution < -0.4 is 10.3 Å². The average Bonchev–Trinajstić information content (AvgIpc) is 2.07. The SMILES string of the molecule is Cc1cc(Br)cc2c1nc(N)[nH][n+]2=O. The summed E-state index contributed by atoms with van der Waals surface area (Å²) in [6, 6.07) is 3.58. The van der Waals surface area contributed by atoms with Gasteiger partial charge in [0.2, 0.25) is 0 Å². The zero-order valence-corrected chi connectivity index (χ0v) is 9.00. The summed E-state index contributed by atoms with van der Waals surface area (Å²) in [5.41, 5.74) is 7.41. The van der Waals surface area contributed by atoms with E-state index in [9.17, 15) is 4.91 Å². The van der Waals surface area contributed by atoms with E-state index in [1.165, 1.54) is 0 Å². The third kappa shape index (κ3) is 1.37. The number of aromatic amines is 1. The Hall–Kier alpha value is -1.43. The fraction of sp³-hybridized carbons (Fsp3) is 0.125. The number of nitrogens with two attached hydrogens (primary N) is 1. The fourth-order valence-corrected chi connectivity index (χ4v) is 1.89. The standard InChI is InChI=1S/C8H8BrN4O/c1-4-2-5(9)3-6-7(4)11-8(10)12-13(6)14/h2-3H,1H3,(H3,10,11,12,14)/q+1. The molecule has 0 saturated heterocycles. The molecule has 0 fully saturated rings. The van der Waals surface area contributed by atoms with Crippen LogP contribution in [0.4, 0.5) is 5.95 Å². The summed E-state index contributed by atoms with van der Waals surface area (Å²) in [7, 11) is 0. The molecule has 6 heteroatoms. The molecule has 0 amide bonds. The van der Waals surface area contributed by atoms with Crippen LogP contribution in [-0.2, 0) is 0 Å². The minimum Gasteiger partial charge on any atom is -0.365 e. The van der Waals surface area contributed by atoms with Crippen molar-refractivity contribution in [3.63, 3.8) is 0 Å². The van der Waals surface area contributed by atoms with Crippen molar-refractivity contribution in [1.82, 2.24) is 10.1 Å². The van der Waals surface area contributed by atoms with Gasteiger partial charge in [-0.1, -0.05) is 21.0 Å². The van der Waals surface area contributed by atoms with E-state index in [2.05, 4.69) is 26.0 Å². The van der Waals surface area contributed by atoms with Crippen molar-refractivity contribution < 1.29 is 4.54 Å². The zero-order chi connectivity index (χ0) is 10.3. The molecule has 0 aliphatic heterocycles. The van der Waals surface area contributed by atoms with Crippen molar-refractivity contribution >= 4 is 32.9 Å². The Kier molecular flexibility index (Phi) is 1.99. The smallest absolute Gasteiger partial charge is 0.319 e. The fourth-order valence-electron chi connectivity index (χ4n) is 1.33. The highest BCUT2D eigenvalue weighted by atomic mass is 79.9. The molecule has 2 rings (SSSR count). The summed E-state index contributed by atoms with van der Waals surface area (Å²) in [6.45, 7) is 1.87. The largest absolute Gasteiger partial charge is 0.365 e. The molecule has 0 radical (unpaired) electrons. The Morgan fingerprint density at radius 1 is 1.57 bits per heavy atom. The first-order valence-corrected chi connectivity index (χ1v) is 4.75. The van der Waals surface area contributed by atoms with E-state index in [1.807, 2.05) is 13.0 Å². The molecular formula is C8H8BrN4O+. The van der Waals surface area contributed by atoms with E-state index in [0.29, 0.717) is 15.6 Å². The Labute approximate surface area is 87.7 Å². The number of halogens is 1. The predicted molar refractivity (Wildman–Crippen MR) is 56.3 cm³/mol. The molecule has 0 aliphatic rings. The molecule has 0 aliphatic carbocycles. The van der Waals surface area contributed by atoms with E-state index in [0.717, 1.165) is 10.0 Å². The van der Waals surface area contributed by atoms with Gasteiger partial charge >= 0.3 is 5.52 Å². The minimum atomic E-state index is 0.109. The van der Waals surface area contributed by atoms with Gasteiger partial charge in [-0.25, -0.2) is 4.98 Å². The number of aromatic nitrogens is 3. The molecule has 5 nitrogen and oxygen atoms in total. The third-order valence-corrected chi connectivity index (χ3v) is 2.37. The molecule has 0 bridgehead atoms. The van der Waals surface area contributed by atoms with Crippen molar-refractivity contribution in [1.29, 1.82) is 0 Å². The van der Waals surface area contributed by atoms with Crippen LogP contribution in [0, 0.1) is 11.8 Å². The third-order valence-electron chi connectivity index (χ3n) is 1.91. The first kappa shape index (κ1) is 9.14. The molecule has 0 atom stereocenters. The lowest BCUT2D eigenvalue weighted by Crippen LogP contribution is -2.23. The van der Waals surface area contributed by atoms with E-state index in [1.54, 1.807) is 6.07 Å². The Morgan fingerprint density at radius 3 is 3.00 bits per heavy atom. The summed E-state index contributed by atoms with van der Waals surface area (Å²) < 4.78 is 1.45. The molecule has 0 spiro atoms. The number of aryl methyl sites for hydroxylation is 1. The highest BCUT2D eigenvalue weighted by Crippen LogP contribution is 2.19. The molecular weight excluding hydrogens is 248 g/mol. The number of fused-ring (bicyclic) bond motifs is 1. The van der Waals surface area contributed by atoms with Gasteiger partial charge in [0.15, 0.2) is 4.54 Å². The van der Waals surface area contributed by atoms with Gasteiger partial charge in [-0.05, 0) is 18.6 Å². The lowest BCUT2D eigenvalue weighted by atomic mass is 10.2. The highest BCUT2D eigenvalue weighted by molar-refractivity contribution is 9.10. The highest BCUT2D eigenvalue weighted by Gasteiger charge is 2.12. The van der Waals surface area contributed by atoms with E-state index in [4.69, 9.17) is 5.73 Å². The maximum absolute atomic E-state index is 11.4. The minimum absolute atomic E-state index is 0.109. The van der Waals surface area contributed by atoms with Gasteiger partial charge in [0.1, 0.15) is 5.52 Å². The molecule has 1 aromatic heterocycles. The van der Waals surface area contributed by atoms with Crippen LogP contribution in [0.25, 0.3) is 11.0 Å². The number of benzene rings is 1. The Balaban J connectivity index is 3.02. The number of nitrogen functional groups attached to an aromatic ring is 1. The quantitative estimate of drug-likeness (QED) is 0.693. The van der Waals surface area contributed by atoms with Crippen LogP contribution in [0.15, 0.2) is 16.6 Å². The maximum atomic E-state index is 11.4. The monoisotopic (exact) mass is 255 g/mol. The molecule has 72 valence electrons. The van der Waals surface area contributed by atoms with Crippen LogP contribution in [-0.4, -0.2) is 10.1 Å². The maximum Gasteiger partial charge on any atom is 0.319 e. The van der Waals surface area contributed by atoms with Crippen molar-refractivity contribution in [3.8, 4) is 0 Å². The second-order valence-corrected chi connectivity index (χ2v) is 3.91. The first-order chi connectivity index (χ1) is 6.58. The molecule has 0 unspecified atom stereocenters. The number of nitrogens with one attached hydrogen (secondary N) is 1. The summed E-state index contributed by atoms with van der Waals surface area (Å²) in [5, 5.41) is 2.37. The number of nitrogens with zero attached hydrogens (tertiary/aromatic N) is 2. The second kappa shape index (κ2) is 3.06. The van der Waals surface area contributed by atoms with Crippen LogP contribution in [0.1, 0.15) is 5.56 Å². The number of H-pyrrole nitrogens is 1. The van der Waals surface area contributed by atoms with Gasteiger partial charge in [0, 0.05) is 10.5 Å². The lowest BCUT2D eigenvalue weighted by Gasteiger charge is -1.96. The van der Waals surface area contributed by atoms with Gasteiger partial charge in [0.05, 0.1) is 4.91 Å². The second-order valence-electron chi connectivity index (χ2n) is 2.99. The molecule has 0 saturated carbocycles. The number of hydrogen-bond acceptors (Lipinski definition) is 3. The summed E-state index contributed by atoms with van der Waals surface area (Å²) >= 11 is 3.31. The molecule has 14 heavy (non-hydrogen) atoms.